The van der Waals surface area contributed by atoms with E-state index in [0.29, 0.717) is 51.4 Å². The summed E-state index contributed by atoms with van der Waals surface area (Å²) in [6.45, 7) is 2.70. The molecule has 19 heteroatoms. The highest BCUT2D eigenvalue weighted by Gasteiger charge is 2.71. The minimum atomic E-state index is -1.79. The maximum Gasteiger partial charge on any atom is 0.331 e. The quantitative estimate of drug-likeness (QED) is 0.0613. The van der Waals surface area contributed by atoms with Gasteiger partial charge in [0, 0.05) is 24.3 Å². The van der Waals surface area contributed by atoms with E-state index in [-0.39, 0.29) is 43.2 Å². The van der Waals surface area contributed by atoms with Gasteiger partial charge < -0.3 is 89.0 Å². The first-order valence-corrected chi connectivity index (χ1v) is 21.4. The van der Waals surface area contributed by atoms with Gasteiger partial charge in [0.2, 0.25) is 0 Å². The Labute approximate surface area is 347 Å². The average molecular weight is 859 g/mol. The van der Waals surface area contributed by atoms with Crippen molar-refractivity contribution in [3.05, 3.63) is 11.6 Å². The molecule has 4 aliphatic carbocycles. The number of carbonyl (C=O) groups excluding carboxylic acids is 2. The Hall–Kier alpha value is -1.76. The van der Waals surface area contributed by atoms with Crippen LogP contribution >= 0.6 is 0 Å². The Balaban J connectivity index is 0.872. The Morgan fingerprint density at radius 2 is 1.48 bits per heavy atom. The van der Waals surface area contributed by atoms with Crippen LogP contribution in [0.4, 0.5) is 0 Å². The van der Waals surface area contributed by atoms with Gasteiger partial charge in [-0.1, -0.05) is 6.92 Å². The summed E-state index contributed by atoms with van der Waals surface area (Å²) in [7, 11) is 0. The number of aliphatic hydroxyl groups excluding tert-OH is 8. The average Bonchev–Trinajstić information content (AvgIpc) is 3.76. The predicted molar refractivity (Wildman–Crippen MR) is 199 cm³/mol. The lowest BCUT2D eigenvalue weighted by atomic mass is 9.41. The molecule has 0 aromatic carbocycles. The minimum absolute atomic E-state index is 0.00494. The van der Waals surface area contributed by atoms with Crippen molar-refractivity contribution in [1.29, 1.82) is 0 Å². The smallest absolute Gasteiger partial charge is 0.331 e. The van der Waals surface area contributed by atoms with Crippen molar-refractivity contribution in [2.45, 2.75) is 181 Å². The van der Waals surface area contributed by atoms with Gasteiger partial charge in [0.1, 0.15) is 67.8 Å². The zero-order valence-corrected chi connectivity index (χ0v) is 33.9. The Morgan fingerprint density at radius 1 is 0.800 bits per heavy atom. The monoisotopic (exact) mass is 858 g/mol. The van der Waals surface area contributed by atoms with Gasteiger partial charge >= 0.3 is 5.97 Å². The molecule has 22 unspecified atom stereocenters. The van der Waals surface area contributed by atoms with Crippen molar-refractivity contribution in [1.82, 2.24) is 0 Å². The van der Waals surface area contributed by atoms with Crippen molar-refractivity contribution in [2.75, 3.05) is 19.8 Å². The van der Waals surface area contributed by atoms with Crippen LogP contribution in [0.1, 0.15) is 78.1 Å². The van der Waals surface area contributed by atoms with Crippen LogP contribution < -0.4 is 0 Å². The summed E-state index contributed by atoms with van der Waals surface area (Å²) in [6.07, 6.45) is -14.1. The fourth-order valence-electron chi connectivity index (χ4n) is 12.7. The van der Waals surface area contributed by atoms with Gasteiger partial charge in [-0.05, 0) is 81.6 Å². The standard InChI is InChI=1S/C41H62O19/c1-18-35(60-37-34(51)32(49)30(47)26(59-37)16-55-36-33(50)31(48)29(46)25(14-42)58-36)24(44)12-28(56-18)57-20-3-8-39(17-43)22-4-7-38(2)21(19-11-27(45)54-15-19)6-10-41(38,53)23(22)5-9-40(39,52)13-20/h11,17-18,20-26,28-37,42,44,46-53H,3-10,12-16H2,1-2H3. The molecular weight excluding hydrogens is 796 g/mol. The largest absolute Gasteiger partial charge is 0.458 e. The molecule has 0 spiro atoms. The molecule has 10 N–H and O–H groups in total. The Bertz CT molecular complexity index is 1600. The van der Waals surface area contributed by atoms with Crippen LogP contribution in [-0.2, 0) is 42.7 Å². The van der Waals surface area contributed by atoms with Crippen LogP contribution in [0.3, 0.4) is 0 Å². The molecule has 0 amide bonds. The zero-order chi connectivity index (χ0) is 43.1. The van der Waals surface area contributed by atoms with Crippen LogP contribution in [0.25, 0.3) is 0 Å². The number of esters is 1. The molecule has 7 fully saturated rings. The second kappa shape index (κ2) is 16.7. The third-order valence-electron chi connectivity index (χ3n) is 16.1. The molecule has 22 atom stereocenters. The van der Waals surface area contributed by atoms with E-state index in [1.807, 2.05) is 0 Å². The lowest BCUT2D eigenvalue weighted by Crippen LogP contribution is -2.69. The summed E-state index contributed by atoms with van der Waals surface area (Å²) in [5, 5.41) is 108. The predicted octanol–water partition coefficient (Wildman–Crippen LogP) is -2.57. The maximum atomic E-state index is 13.3. The number of carbonyl (C=O) groups is 2. The molecule has 4 saturated carbocycles. The third kappa shape index (κ3) is 7.21. The number of aldehydes is 1. The fraction of sp³-hybridized carbons (Fsp3) is 0.902. The Morgan fingerprint density at radius 3 is 2.15 bits per heavy atom. The highest BCUT2D eigenvalue weighted by Crippen LogP contribution is 2.70. The topological polar surface area (TPSA) is 301 Å². The van der Waals surface area contributed by atoms with E-state index in [9.17, 15) is 60.7 Å². The fourth-order valence-corrected chi connectivity index (χ4v) is 12.7. The summed E-state index contributed by atoms with van der Waals surface area (Å²) in [4.78, 5) is 25.2. The second-order valence-electron chi connectivity index (χ2n) is 19.0. The van der Waals surface area contributed by atoms with E-state index in [2.05, 4.69) is 6.92 Å². The summed E-state index contributed by atoms with van der Waals surface area (Å²) in [6, 6.07) is 0. The summed E-state index contributed by atoms with van der Waals surface area (Å²) >= 11 is 0. The molecular formula is C41H62O19. The number of cyclic esters (lactones) is 1. The molecule has 0 radical (unpaired) electrons. The molecule has 340 valence electrons. The molecule has 8 aliphatic rings. The van der Waals surface area contributed by atoms with Crippen LogP contribution in [-0.4, -0.2) is 186 Å². The SMILES string of the molecule is CC1OC(OC2CCC3(C=O)C4CCC5(C)C(C6=CC(=O)OC6)CCC5(O)C4CCC3(O)C2)CC(O)C1OC1OC(COC2OC(CO)C(O)C(O)C2O)C(O)C(O)C1O. The number of hydrogen-bond donors (Lipinski definition) is 10. The van der Waals surface area contributed by atoms with Gasteiger partial charge in [0.05, 0.1) is 48.1 Å². The Kier molecular flexibility index (Phi) is 12.4. The number of rotatable bonds is 10. The molecule has 0 bridgehead atoms. The van der Waals surface area contributed by atoms with Crippen LogP contribution in [0, 0.1) is 28.6 Å². The molecule has 60 heavy (non-hydrogen) atoms. The number of fused-ring (bicyclic) bond motifs is 5. The highest BCUT2D eigenvalue weighted by molar-refractivity contribution is 5.85. The molecule has 0 aromatic heterocycles. The normalized spacial score (nSPS) is 54.3. The molecule has 4 heterocycles. The first kappa shape index (κ1) is 44.8. The zero-order valence-electron chi connectivity index (χ0n) is 33.9. The van der Waals surface area contributed by atoms with Gasteiger partial charge in [-0.3, -0.25) is 0 Å². The van der Waals surface area contributed by atoms with Crippen molar-refractivity contribution in [2.24, 2.45) is 28.6 Å². The number of ether oxygens (including phenoxy) is 7. The number of hydrogen-bond acceptors (Lipinski definition) is 19. The highest BCUT2D eigenvalue weighted by atomic mass is 16.7. The first-order valence-electron chi connectivity index (χ1n) is 21.4. The van der Waals surface area contributed by atoms with Crippen LogP contribution in [0.15, 0.2) is 11.6 Å². The molecule has 4 aliphatic heterocycles. The van der Waals surface area contributed by atoms with E-state index in [1.165, 1.54) is 0 Å². The van der Waals surface area contributed by atoms with E-state index >= 15 is 0 Å². The minimum Gasteiger partial charge on any atom is -0.458 e. The van der Waals surface area contributed by atoms with Crippen LogP contribution in [0.5, 0.6) is 0 Å². The summed E-state index contributed by atoms with van der Waals surface area (Å²) in [5.41, 5.74) is -3.15. The molecule has 0 aromatic rings. The van der Waals surface area contributed by atoms with Crippen molar-refractivity contribution in [3.63, 3.8) is 0 Å². The number of aliphatic hydroxyl groups is 10. The lowest BCUT2D eigenvalue weighted by Gasteiger charge is -2.65. The van der Waals surface area contributed by atoms with Gasteiger partial charge in [-0.15, -0.1) is 0 Å². The van der Waals surface area contributed by atoms with Gasteiger partial charge in [0.25, 0.3) is 0 Å². The molecule has 19 nitrogen and oxygen atoms in total. The maximum absolute atomic E-state index is 13.3. The van der Waals surface area contributed by atoms with E-state index in [1.54, 1.807) is 13.0 Å². The van der Waals surface area contributed by atoms with E-state index in [0.717, 1.165) is 11.9 Å². The molecule has 3 saturated heterocycles. The summed E-state index contributed by atoms with van der Waals surface area (Å²) in [5.74, 6) is -0.820. The molecule has 8 rings (SSSR count). The van der Waals surface area contributed by atoms with Crippen molar-refractivity contribution < 1.29 is 93.8 Å². The van der Waals surface area contributed by atoms with Crippen molar-refractivity contribution in [3.8, 4) is 0 Å². The van der Waals surface area contributed by atoms with Crippen molar-refractivity contribution >= 4 is 12.3 Å². The van der Waals surface area contributed by atoms with Crippen LogP contribution in [0.2, 0.25) is 0 Å². The van der Waals surface area contributed by atoms with Gasteiger partial charge in [-0.25, -0.2) is 4.79 Å². The summed E-state index contributed by atoms with van der Waals surface area (Å²) < 4.78 is 40.2. The second-order valence-corrected chi connectivity index (χ2v) is 19.0. The first-order chi connectivity index (χ1) is 28.4. The lowest BCUT2D eigenvalue weighted by molar-refractivity contribution is -0.354. The van der Waals surface area contributed by atoms with Gasteiger partial charge in [0.15, 0.2) is 18.9 Å². The van der Waals surface area contributed by atoms with E-state index < -0.39 is 127 Å². The van der Waals surface area contributed by atoms with E-state index in [4.69, 9.17) is 33.2 Å². The van der Waals surface area contributed by atoms with Gasteiger partial charge in [-0.2, -0.15) is 0 Å². The third-order valence-corrected chi connectivity index (χ3v) is 16.1.